The van der Waals surface area contributed by atoms with E-state index in [1.165, 1.54) is 53.2 Å². The van der Waals surface area contributed by atoms with Gasteiger partial charge < -0.3 is 4.74 Å². The molecule has 11 heteroatoms. The first kappa shape index (κ1) is 21.2. The molecule has 1 fully saturated rings. The van der Waals surface area contributed by atoms with Crippen molar-refractivity contribution in [1.29, 1.82) is 0 Å². The highest BCUT2D eigenvalue weighted by atomic mass is 32.2. The molecule has 1 N–H and O–H groups in total. The molecule has 0 spiro atoms. The van der Waals surface area contributed by atoms with E-state index in [0.717, 1.165) is 12.8 Å². The second-order valence-electron chi connectivity index (χ2n) is 6.86. The summed E-state index contributed by atoms with van der Waals surface area (Å²) >= 11 is 0. The number of nitrogens with zero attached hydrogens (tertiary/aromatic N) is 3. The minimum Gasteiger partial charge on any atom is -0.437 e. The van der Waals surface area contributed by atoms with E-state index in [-0.39, 0.29) is 21.4 Å². The van der Waals surface area contributed by atoms with Gasteiger partial charge in [-0.25, -0.2) is 21.8 Å². The van der Waals surface area contributed by atoms with Crippen molar-refractivity contribution in [1.82, 2.24) is 14.3 Å². The second kappa shape index (κ2) is 8.61. The topological polar surface area (TPSA) is 119 Å². The van der Waals surface area contributed by atoms with E-state index >= 15 is 0 Å². The molecule has 0 saturated carbocycles. The van der Waals surface area contributed by atoms with Crippen LogP contribution >= 0.6 is 0 Å². The molecular weight excluding hydrogens is 440 g/mol. The quantitative estimate of drug-likeness (QED) is 0.576. The van der Waals surface area contributed by atoms with Gasteiger partial charge in [-0.05, 0) is 49.2 Å². The predicted molar refractivity (Wildman–Crippen MR) is 114 cm³/mol. The summed E-state index contributed by atoms with van der Waals surface area (Å²) in [6.45, 7) is 0.966. The Labute approximate surface area is 180 Å². The zero-order valence-electron chi connectivity index (χ0n) is 16.4. The van der Waals surface area contributed by atoms with E-state index < -0.39 is 20.0 Å². The van der Waals surface area contributed by atoms with Crippen molar-refractivity contribution in [3.8, 4) is 11.6 Å². The molecule has 0 aliphatic carbocycles. The van der Waals surface area contributed by atoms with Crippen molar-refractivity contribution in [3.05, 3.63) is 67.1 Å². The molecule has 2 heterocycles. The molecule has 3 aromatic rings. The van der Waals surface area contributed by atoms with Gasteiger partial charge in [0, 0.05) is 31.5 Å². The summed E-state index contributed by atoms with van der Waals surface area (Å²) in [5.41, 5.74) is 0.287. The van der Waals surface area contributed by atoms with Crippen LogP contribution in [0, 0.1) is 0 Å². The van der Waals surface area contributed by atoms with Gasteiger partial charge in [0.15, 0.2) is 0 Å². The summed E-state index contributed by atoms with van der Waals surface area (Å²) in [6.07, 6.45) is 6.09. The summed E-state index contributed by atoms with van der Waals surface area (Å²) in [6, 6.07) is 11.6. The van der Waals surface area contributed by atoms with Crippen molar-refractivity contribution in [3.63, 3.8) is 0 Å². The molecule has 4 rings (SSSR count). The molecule has 0 unspecified atom stereocenters. The molecule has 1 aromatic heterocycles. The monoisotopic (exact) mass is 460 g/mol. The highest BCUT2D eigenvalue weighted by Crippen LogP contribution is 2.26. The summed E-state index contributed by atoms with van der Waals surface area (Å²) in [7, 11) is -7.53. The Balaban J connectivity index is 1.51. The van der Waals surface area contributed by atoms with Gasteiger partial charge in [0.05, 0.1) is 21.7 Å². The number of anilines is 1. The minimum absolute atomic E-state index is 0.0480. The van der Waals surface area contributed by atoms with Gasteiger partial charge in [-0.3, -0.25) is 9.71 Å². The molecule has 0 bridgehead atoms. The van der Waals surface area contributed by atoms with E-state index in [1.54, 1.807) is 18.2 Å². The van der Waals surface area contributed by atoms with Crippen LogP contribution in [0.1, 0.15) is 12.8 Å². The number of sulfonamides is 2. The molecule has 0 radical (unpaired) electrons. The van der Waals surface area contributed by atoms with Crippen LogP contribution in [0.5, 0.6) is 11.6 Å². The number of hydrogen-bond donors (Lipinski definition) is 1. The Morgan fingerprint density at radius 2 is 1.61 bits per heavy atom. The van der Waals surface area contributed by atoms with E-state index in [4.69, 9.17) is 4.74 Å². The second-order valence-corrected chi connectivity index (χ2v) is 10.5. The van der Waals surface area contributed by atoms with Crippen LogP contribution in [-0.2, 0) is 20.0 Å². The van der Waals surface area contributed by atoms with E-state index in [0.29, 0.717) is 18.8 Å². The highest BCUT2D eigenvalue weighted by Gasteiger charge is 2.27. The van der Waals surface area contributed by atoms with Gasteiger partial charge in [0.25, 0.3) is 10.0 Å². The maximum absolute atomic E-state index is 12.8. The van der Waals surface area contributed by atoms with E-state index in [1.807, 2.05) is 0 Å². The van der Waals surface area contributed by atoms with Crippen molar-refractivity contribution in [2.24, 2.45) is 0 Å². The van der Waals surface area contributed by atoms with Crippen molar-refractivity contribution in [2.75, 3.05) is 17.8 Å². The summed E-state index contributed by atoms with van der Waals surface area (Å²) in [5, 5.41) is 0. The first-order valence-electron chi connectivity index (χ1n) is 9.52. The third kappa shape index (κ3) is 4.84. The predicted octanol–water partition coefficient (Wildman–Crippen LogP) is 2.85. The Morgan fingerprint density at radius 3 is 2.29 bits per heavy atom. The number of rotatable bonds is 7. The van der Waals surface area contributed by atoms with Gasteiger partial charge in [-0.1, -0.05) is 6.07 Å². The van der Waals surface area contributed by atoms with Crippen molar-refractivity contribution < 1.29 is 21.6 Å². The molecule has 162 valence electrons. The number of nitrogens with one attached hydrogen (secondary N) is 1. The SMILES string of the molecule is O=S(=O)(Nc1cccc(Oc2cnccn2)c1)c1ccc(S(=O)(=O)N2CCCC2)cc1. The average Bonchev–Trinajstić information content (AvgIpc) is 3.30. The van der Waals surface area contributed by atoms with Gasteiger partial charge in [-0.15, -0.1) is 0 Å². The molecule has 1 aliphatic heterocycles. The fourth-order valence-corrected chi connectivity index (χ4v) is 5.73. The van der Waals surface area contributed by atoms with E-state index in [9.17, 15) is 16.8 Å². The number of ether oxygens (including phenoxy) is 1. The minimum atomic E-state index is -3.93. The maximum Gasteiger partial charge on any atom is 0.261 e. The third-order valence-electron chi connectivity index (χ3n) is 4.68. The molecule has 1 aliphatic rings. The first-order chi connectivity index (χ1) is 14.8. The van der Waals surface area contributed by atoms with E-state index in [2.05, 4.69) is 14.7 Å². The largest absolute Gasteiger partial charge is 0.437 e. The van der Waals surface area contributed by atoms with Gasteiger partial charge in [-0.2, -0.15) is 4.31 Å². The zero-order chi connectivity index (χ0) is 21.9. The number of aromatic nitrogens is 2. The average molecular weight is 461 g/mol. The molecule has 1 saturated heterocycles. The molecule has 0 amide bonds. The van der Waals surface area contributed by atoms with Crippen LogP contribution in [-0.4, -0.2) is 44.2 Å². The standard InChI is InChI=1S/C20H20N4O5S2/c25-30(26,18-6-8-19(9-7-18)31(27,28)24-12-1-2-13-24)23-16-4-3-5-17(14-16)29-20-15-21-10-11-22-20/h3-11,14-15,23H,1-2,12-13H2. The first-order valence-corrected chi connectivity index (χ1v) is 12.4. The molecule has 9 nitrogen and oxygen atoms in total. The van der Waals surface area contributed by atoms with Gasteiger partial charge in [0.1, 0.15) is 5.75 Å². The fraction of sp³-hybridized carbons (Fsp3) is 0.200. The molecule has 31 heavy (non-hydrogen) atoms. The fourth-order valence-electron chi connectivity index (χ4n) is 3.16. The summed E-state index contributed by atoms with van der Waals surface area (Å²) in [4.78, 5) is 7.94. The lowest BCUT2D eigenvalue weighted by molar-refractivity contribution is 0.460. The summed E-state index contributed by atoms with van der Waals surface area (Å²) < 4.78 is 60.2. The Hall–Kier alpha value is -3.02. The lowest BCUT2D eigenvalue weighted by Crippen LogP contribution is -2.27. The van der Waals surface area contributed by atoms with Crippen LogP contribution < -0.4 is 9.46 Å². The van der Waals surface area contributed by atoms with Crippen LogP contribution in [0.25, 0.3) is 0 Å². The van der Waals surface area contributed by atoms with Crippen LogP contribution in [0.3, 0.4) is 0 Å². The Kier molecular flexibility index (Phi) is 5.90. The highest BCUT2D eigenvalue weighted by molar-refractivity contribution is 7.92. The van der Waals surface area contributed by atoms with Crippen molar-refractivity contribution >= 4 is 25.7 Å². The van der Waals surface area contributed by atoms with Crippen LogP contribution in [0.2, 0.25) is 0 Å². The maximum atomic E-state index is 12.8. The van der Waals surface area contributed by atoms with Gasteiger partial charge >= 0.3 is 0 Å². The summed E-state index contributed by atoms with van der Waals surface area (Å²) in [5.74, 6) is 0.657. The Bertz CT molecular complexity index is 1260. The molecule has 0 atom stereocenters. The third-order valence-corrected chi connectivity index (χ3v) is 8.00. The number of benzene rings is 2. The van der Waals surface area contributed by atoms with Crippen LogP contribution in [0.4, 0.5) is 5.69 Å². The normalized spacial score (nSPS) is 15.0. The lowest BCUT2D eigenvalue weighted by atomic mass is 10.3. The van der Waals surface area contributed by atoms with Crippen LogP contribution in [0.15, 0.2) is 76.9 Å². The van der Waals surface area contributed by atoms with Crippen molar-refractivity contribution in [2.45, 2.75) is 22.6 Å². The Morgan fingerprint density at radius 1 is 0.903 bits per heavy atom. The zero-order valence-corrected chi connectivity index (χ0v) is 18.0. The molecular formula is C20H20N4O5S2. The lowest BCUT2D eigenvalue weighted by Gasteiger charge is -2.16. The molecule has 2 aromatic carbocycles. The smallest absolute Gasteiger partial charge is 0.261 e. The van der Waals surface area contributed by atoms with Gasteiger partial charge in [0.2, 0.25) is 15.9 Å². The number of hydrogen-bond acceptors (Lipinski definition) is 7.